The van der Waals surface area contributed by atoms with Crippen molar-refractivity contribution in [2.45, 2.75) is 43.2 Å². The molecule has 1 aliphatic rings. The molecule has 0 saturated heterocycles. The smallest absolute Gasteiger partial charge is 0.251 e. The molecular weight excluding hydrogens is 392 g/mol. The molecule has 0 atom stereocenters. The Balaban J connectivity index is 1.75. The molecule has 0 heterocycles. The normalized spacial score (nSPS) is 14.6. The van der Waals surface area contributed by atoms with Crippen LogP contribution in [0.2, 0.25) is 0 Å². The quantitative estimate of drug-likeness (QED) is 0.688. The number of hydrogen-bond acceptors (Lipinski definition) is 5. The van der Waals surface area contributed by atoms with Crippen LogP contribution >= 0.6 is 0 Å². The van der Waals surface area contributed by atoms with Gasteiger partial charge in [-0.15, -0.1) is 0 Å². The highest BCUT2D eigenvalue weighted by atomic mass is 32.2. The van der Waals surface area contributed by atoms with Crippen LogP contribution in [0.5, 0.6) is 11.5 Å². The number of nitrogens with one attached hydrogen (secondary N) is 2. The lowest BCUT2D eigenvalue weighted by Gasteiger charge is -2.16. The highest BCUT2D eigenvalue weighted by Crippen LogP contribution is 2.27. The highest BCUT2D eigenvalue weighted by Gasteiger charge is 2.26. The summed E-state index contributed by atoms with van der Waals surface area (Å²) in [5, 5.41) is 2.81. The van der Waals surface area contributed by atoms with Gasteiger partial charge in [-0.3, -0.25) is 4.79 Å². The molecule has 0 aromatic heterocycles. The van der Waals surface area contributed by atoms with Gasteiger partial charge < -0.3 is 14.8 Å². The lowest BCUT2D eigenvalue weighted by atomic mass is 10.2. The predicted octanol–water partition coefficient (Wildman–Crippen LogP) is 2.85. The van der Waals surface area contributed by atoms with E-state index in [0.29, 0.717) is 6.54 Å². The number of ether oxygens (including phenoxy) is 2. The fraction of sp³-hybridized carbons (Fsp3) is 0.381. The van der Waals surface area contributed by atoms with Crippen molar-refractivity contribution in [2.75, 3.05) is 14.2 Å². The standard InChI is InChI=1S/C21H26N2O5S/c1-27-18-10-7-15(8-11-18)14-22-21(24)16-9-12-19(28-2)20(13-16)29(25,26)23-17-5-3-4-6-17/h7-13,17,23H,3-6,14H2,1-2H3,(H,22,24). The van der Waals surface area contributed by atoms with Crippen molar-refractivity contribution in [1.82, 2.24) is 10.0 Å². The predicted molar refractivity (Wildman–Crippen MR) is 110 cm³/mol. The first-order chi connectivity index (χ1) is 13.9. The third-order valence-electron chi connectivity index (χ3n) is 5.00. The summed E-state index contributed by atoms with van der Waals surface area (Å²) < 4.78 is 38.8. The van der Waals surface area contributed by atoms with E-state index < -0.39 is 10.0 Å². The molecule has 2 N–H and O–H groups in total. The molecule has 8 heteroatoms. The lowest BCUT2D eigenvalue weighted by molar-refractivity contribution is 0.0950. The molecule has 3 rings (SSSR count). The third kappa shape index (κ3) is 5.27. The molecule has 0 spiro atoms. The summed E-state index contributed by atoms with van der Waals surface area (Å²) in [7, 11) is -0.785. The van der Waals surface area contributed by atoms with Gasteiger partial charge in [0.05, 0.1) is 14.2 Å². The summed E-state index contributed by atoms with van der Waals surface area (Å²) in [4.78, 5) is 12.5. The van der Waals surface area contributed by atoms with E-state index in [1.807, 2.05) is 24.3 Å². The second-order valence-corrected chi connectivity index (χ2v) is 8.68. The molecule has 1 amide bonds. The van der Waals surface area contributed by atoms with Crippen LogP contribution in [0.25, 0.3) is 0 Å². The van der Waals surface area contributed by atoms with E-state index in [4.69, 9.17) is 9.47 Å². The van der Waals surface area contributed by atoms with Crippen molar-refractivity contribution in [1.29, 1.82) is 0 Å². The molecule has 0 aliphatic heterocycles. The molecule has 156 valence electrons. The van der Waals surface area contributed by atoms with Crippen LogP contribution in [0, 0.1) is 0 Å². The van der Waals surface area contributed by atoms with Gasteiger partial charge in [0.2, 0.25) is 10.0 Å². The monoisotopic (exact) mass is 418 g/mol. The molecule has 0 unspecified atom stereocenters. The number of methoxy groups -OCH3 is 2. The minimum Gasteiger partial charge on any atom is -0.497 e. The molecule has 0 bridgehead atoms. The van der Waals surface area contributed by atoms with Crippen molar-refractivity contribution in [3.63, 3.8) is 0 Å². The fourth-order valence-corrected chi connectivity index (χ4v) is 4.88. The van der Waals surface area contributed by atoms with E-state index in [1.54, 1.807) is 13.2 Å². The summed E-state index contributed by atoms with van der Waals surface area (Å²) in [5.74, 6) is 0.586. The van der Waals surface area contributed by atoms with Crippen molar-refractivity contribution in [3.05, 3.63) is 53.6 Å². The summed E-state index contributed by atoms with van der Waals surface area (Å²) >= 11 is 0. The summed E-state index contributed by atoms with van der Waals surface area (Å²) in [6, 6.07) is 11.7. The zero-order valence-corrected chi connectivity index (χ0v) is 17.4. The zero-order chi connectivity index (χ0) is 20.9. The molecule has 2 aromatic carbocycles. The van der Waals surface area contributed by atoms with Crippen LogP contribution < -0.4 is 19.5 Å². The minimum atomic E-state index is -3.79. The zero-order valence-electron chi connectivity index (χ0n) is 16.6. The SMILES string of the molecule is COc1ccc(CNC(=O)c2ccc(OC)c(S(=O)(=O)NC3CCCC3)c2)cc1. The number of carbonyl (C=O) groups excluding carboxylic acids is 1. The van der Waals surface area contributed by atoms with E-state index in [1.165, 1.54) is 19.2 Å². The molecular formula is C21H26N2O5S. The lowest BCUT2D eigenvalue weighted by Crippen LogP contribution is -2.33. The van der Waals surface area contributed by atoms with Crippen LogP contribution in [0.3, 0.4) is 0 Å². The van der Waals surface area contributed by atoms with Gasteiger partial charge in [-0.1, -0.05) is 25.0 Å². The van der Waals surface area contributed by atoms with E-state index in [0.717, 1.165) is 37.0 Å². The molecule has 7 nitrogen and oxygen atoms in total. The number of rotatable bonds is 8. The average molecular weight is 419 g/mol. The summed E-state index contributed by atoms with van der Waals surface area (Å²) in [5.41, 5.74) is 1.16. The first-order valence-corrected chi connectivity index (χ1v) is 11.0. The Hall–Kier alpha value is -2.58. The maximum Gasteiger partial charge on any atom is 0.251 e. The molecule has 0 radical (unpaired) electrons. The maximum absolute atomic E-state index is 12.8. The van der Waals surface area contributed by atoms with Gasteiger partial charge in [-0.25, -0.2) is 13.1 Å². The Morgan fingerprint density at radius 1 is 1.03 bits per heavy atom. The number of amides is 1. The van der Waals surface area contributed by atoms with Gasteiger partial charge in [-0.2, -0.15) is 0 Å². The Kier molecular flexibility index (Phi) is 6.76. The minimum absolute atomic E-state index is 0.0241. The third-order valence-corrected chi connectivity index (χ3v) is 6.55. The second-order valence-electron chi connectivity index (χ2n) is 7.00. The Bertz CT molecular complexity index is 952. The van der Waals surface area contributed by atoms with Gasteiger partial charge in [0, 0.05) is 18.2 Å². The van der Waals surface area contributed by atoms with Gasteiger partial charge in [0.25, 0.3) is 5.91 Å². The number of hydrogen-bond donors (Lipinski definition) is 2. The van der Waals surface area contributed by atoms with Crippen molar-refractivity contribution in [2.24, 2.45) is 0 Å². The average Bonchev–Trinajstić information content (AvgIpc) is 3.24. The first-order valence-electron chi connectivity index (χ1n) is 9.54. The van der Waals surface area contributed by atoms with Crippen molar-refractivity contribution in [3.8, 4) is 11.5 Å². The number of sulfonamides is 1. The van der Waals surface area contributed by atoms with E-state index in [-0.39, 0.29) is 28.2 Å². The Morgan fingerprint density at radius 3 is 2.34 bits per heavy atom. The van der Waals surface area contributed by atoms with Gasteiger partial charge in [-0.05, 0) is 48.7 Å². The second kappa shape index (κ2) is 9.28. The molecule has 1 aliphatic carbocycles. The maximum atomic E-state index is 12.8. The van der Waals surface area contributed by atoms with E-state index >= 15 is 0 Å². The molecule has 1 saturated carbocycles. The van der Waals surface area contributed by atoms with Crippen LogP contribution in [-0.2, 0) is 16.6 Å². The number of carbonyl (C=O) groups is 1. The van der Waals surface area contributed by atoms with Crippen molar-refractivity contribution >= 4 is 15.9 Å². The fourth-order valence-electron chi connectivity index (χ4n) is 3.38. The van der Waals surface area contributed by atoms with Gasteiger partial charge in [0.15, 0.2) is 0 Å². The van der Waals surface area contributed by atoms with Crippen LogP contribution in [0.15, 0.2) is 47.4 Å². The Labute approximate surface area is 171 Å². The topological polar surface area (TPSA) is 93.7 Å². The molecule has 29 heavy (non-hydrogen) atoms. The van der Waals surface area contributed by atoms with E-state index in [2.05, 4.69) is 10.0 Å². The highest BCUT2D eigenvalue weighted by molar-refractivity contribution is 7.89. The molecule has 2 aromatic rings. The van der Waals surface area contributed by atoms with Crippen molar-refractivity contribution < 1.29 is 22.7 Å². The van der Waals surface area contributed by atoms with Crippen LogP contribution in [0.4, 0.5) is 0 Å². The van der Waals surface area contributed by atoms with Gasteiger partial charge >= 0.3 is 0 Å². The Morgan fingerprint density at radius 2 is 1.72 bits per heavy atom. The van der Waals surface area contributed by atoms with Crippen LogP contribution in [-0.4, -0.2) is 34.6 Å². The summed E-state index contributed by atoms with van der Waals surface area (Å²) in [6.07, 6.45) is 3.67. The first kappa shape index (κ1) is 21.1. The van der Waals surface area contributed by atoms with Crippen LogP contribution in [0.1, 0.15) is 41.6 Å². The molecule has 1 fully saturated rings. The van der Waals surface area contributed by atoms with Gasteiger partial charge in [0.1, 0.15) is 16.4 Å². The largest absolute Gasteiger partial charge is 0.497 e. The summed E-state index contributed by atoms with van der Waals surface area (Å²) in [6.45, 7) is 0.317. The number of benzene rings is 2. The van der Waals surface area contributed by atoms with E-state index in [9.17, 15) is 13.2 Å².